The Bertz CT molecular complexity index is 294. The molecule has 0 amide bonds. The van der Waals surface area contributed by atoms with Gasteiger partial charge in [-0.1, -0.05) is 32.8 Å². The minimum absolute atomic E-state index is 0.176. The lowest BCUT2D eigenvalue weighted by molar-refractivity contribution is 0.542. The average molecular weight is 198 g/mol. The van der Waals surface area contributed by atoms with E-state index in [0.29, 0.717) is 5.56 Å². The molecule has 0 fully saturated rings. The van der Waals surface area contributed by atoms with E-state index < -0.39 is 11.6 Å². The molecule has 0 aromatic heterocycles. The molecule has 0 aliphatic carbocycles. The van der Waals surface area contributed by atoms with Gasteiger partial charge >= 0.3 is 0 Å². The molecular weight excluding hydrogens is 182 g/mol. The van der Waals surface area contributed by atoms with Gasteiger partial charge in [0.1, 0.15) is 11.6 Å². The van der Waals surface area contributed by atoms with E-state index in [2.05, 4.69) is 6.92 Å². The predicted molar refractivity (Wildman–Crippen MR) is 54.3 cm³/mol. The van der Waals surface area contributed by atoms with Crippen LogP contribution in [0, 0.1) is 11.6 Å². The van der Waals surface area contributed by atoms with E-state index in [0.717, 1.165) is 25.3 Å². The van der Waals surface area contributed by atoms with Crippen molar-refractivity contribution in [3.8, 4) is 0 Å². The Hall–Kier alpha value is -0.920. The van der Waals surface area contributed by atoms with Gasteiger partial charge in [0.25, 0.3) is 0 Å². The first-order valence-electron chi connectivity index (χ1n) is 5.10. The lowest BCUT2D eigenvalue weighted by Gasteiger charge is -2.11. The average Bonchev–Trinajstić information content (AvgIpc) is 2.14. The SMILES string of the molecule is CCCCC(C)c1ccc(F)cc1F. The van der Waals surface area contributed by atoms with Crippen molar-refractivity contribution in [3.05, 3.63) is 35.4 Å². The third-order valence-corrected chi connectivity index (χ3v) is 2.48. The van der Waals surface area contributed by atoms with Crippen molar-refractivity contribution in [1.82, 2.24) is 0 Å². The maximum absolute atomic E-state index is 13.3. The van der Waals surface area contributed by atoms with Crippen molar-refractivity contribution < 1.29 is 8.78 Å². The molecule has 0 N–H and O–H groups in total. The van der Waals surface area contributed by atoms with Crippen molar-refractivity contribution in [2.45, 2.75) is 39.0 Å². The monoisotopic (exact) mass is 198 g/mol. The Balaban J connectivity index is 2.74. The molecule has 14 heavy (non-hydrogen) atoms. The van der Waals surface area contributed by atoms with E-state index >= 15 is 0 Å². The summed E-state index contributed by atoms with van der Waals surface area (Å²) >= 11 is 0. The summed E-state index contributed by atoms with van der Waals surface area (Å²) in [5.41, 5.74) is 0.625. The van der Waals surface area contributed by atoms with Crippen molar-refractivity contribution in [1.29, 1.82) is 0 Å². The third kappa shape index (κ3) is 2.79. The maximum Gasteiger partial charge on any atom is 0.129 e. The van der Waals surface area contributed by atoms with Gasteiger partial charge in [0.05, 0.1) is 0 Å². The molecule has 2 heteroatoms. The van der Waals surface area contributed by atoms with Crippen LogP contribution in [0.2, 0.25) is 0 Å². The Labute approximate surface area is 84.0 Å². The van der Waals surface area contributed by atoms with Gasteiger partial charge in [0, 0.05) is 6.07 Å². The molecule has 0 bridgehead atoms. The first-order valence-corrected chi connectivity index (χ1v) is 5.10. The lowest BCUT2D eigenvalue weighted by atomic mass is 9.95. The van der Waals surface area contributed by atoms with Crippen LogP contribution >= 0.6 is 0 Å². The predicted octanol–water partition coefficient (Wildman–Crippen LogP) is 4.26. The van der Waals surface area contributed by atoms with Gasteiger partial charge in [0.2, 0.25) is 0 Å². The molecule has 0 saturated heterocycles. The maximum atomic E-state index is 13.3. The van der Waals surface area contributed by atoms with Crippen LogP contribution in [0.3, 0.4) is 0 Å². The first kappa shape index (κ1) is 11.2. The van der Waals surface area contributed by atoms with Crippen LogP contribution in [-0.2, 0) is 0 Å². The number of benzene rings is 1. The van der Waals surface area contributed by atoms with E-state index in [1.54, 1.807) is 6.07 Å². The highest BCUT2D eigenvalue weighted by Gasteiger charge is 2.10. The zero-order valence-corrected chi connectivity index (χ0v) is 8.69. The van der Waals surface area contributed by atoms with E-state index in [9.17, 15) is 8.78 Å². The molecule has 1 aromatic rings. The second kappa shape index (κ2) is 5.08. The van der Waals surface area contributed by atoms with Crippen molar-refractivity contribution in [2.24, 2.45) is 0 Å². The second-order valence-electron chi connectivity index (χ2n) is 3.71. The Morgan fingerprint density at radius 1 is 1.29 bits per heavy atom. The van der Waals surface area contributed by atoms with Crippen LogP contribution in [0.25, 0.3) is 0 Å². The summed E-state index contributed by atoms with van der Waals surface area (Å²) in [5, 5.41) is 0. The number of rotatable bonds is 4. The number of halogens is 2. The van der Waals surface area contributed by atoms with Gasteiger partial charge in [-0.25, -0.2) is 8.78 Å². The van der Waals surface area contributed by atoms with Crippen LogP contribution in [0.15, 0.2) is 18.2 Å². The molecule has 1 atom stereocenters. The summed E-state index contributed by atoms with van der Waals surface area (Å²) in [4.78, 5) is 0. The molecule has 1 rings (SSSR count). The Morgan fingerprint density at radius 3 is 2.57 bits per heavy atom. The van der Waals surface area contributed by atoms with Gasteiger partial charge in [-0.15, -0.1) is 0 Å². The van der Waals surface area contributed by atoms with Crippen molar-refractivity contribution >= 4 is 0 Å². The smallest absolute Gasteiger partial charge is 0.129 e. The minimum atomic E-state index is -0.506. The molecule has 0 saturated carbocycles. The lowest BCUT2D eigenvalue weighted by Crippen LogP contribution is -1.98. The number of hydrogen-bond donors (Lipinski definition) is 0. The Morgan fingerprint density at radius 2 is 2.00 bits per heavy atom. The van der Waals surface area contributed by atoms with E-state index in [1.807, 2.05) is 6.92 Å². The normalized spacial score (nSPS) is 12.9. The highest BCUT2D eigenvalue weighted by molar-refractivity contribution is 5.21. The fourth-order valence-corrected chi connectivity index (χ4v) is 1.57. The molecule has 0 aliphatic heterocycles. The summed E-state index contributed by atoms with van der Waals surface area (Å²) in [6.45, 7) is 4.08. The standard InChI is InChI=1S/C12H16F2/c1-3-4-5-9(2)11-7-6-10(13)8-12(11)14/h6-9H,3-5H2,1-2H3. The molecule has 0 radical (unpaired) electrons. The van der Waals surface area contributed by atoms with Crippen LogP contribution in [0.4, 0.5) is 8.78 Å². The second-order valence-corrected chi connectivity index (χ2v) is 3.71. The van der Waals surface area contributed by atoms with Crippen molar-refractivity contribution in [3.63, 3.8) is 0 Å². The van der Waals surface area contributed by atoms with Crippen LogP contribution < -0.4 is 0 Å². The molecule has 1 unspecified atom stereocenters. The molecule has 1 aromatic carbocycles. The zero-order valence-electron chi connectivity index (χ0n) is 8.69. The molecule has 0 heterocycles. The van der Waals surface area contributed by atoms with Crippen LogP contribution in [0.5, 0.6) is 0 Å². The number of hydrogen-bond acceptors (Lipinski definition) is 0. The van der Waals surface area contributed by atoms with Gasteiger partial charge < -0.3 is 0 Å². The summed E-state index contributed by atoms with van der Waals surface area (Å²) in [5.74, 6) is -0.752. The summed E-state index contributed by atoms with van der Waals surface area (Å²) in [6.07, 6.45) is 3.14. The first-order chi connectivity index (χ1) is 6.65. The molecular formula is C12H16F2. The molecule has 0 aliphatic rings. The quantitative estimate of drug-likeness (QED) is 0.678. The van der Waals surface area contributed by atoms with Gasteiger partial charge in [-0.2, -0.15) is 0 Å². The molecule has 0 spiro atoms. The third-order valence-electron chi connectivity index (χ3n) is 2.48. The fraction of sp³-hybridized carbons (Fsp3) is 0.500. The van der Waals surface area contributed by atoms with Gasteiger partial charge in [0.15, 0.2) is 0 Å². The molecule has 0 nitrogen and oxygen atoms in total. The van der Waals surface area contributed by atoms with E-state index in [4.69, 9.17) is 0 Å². The van der Waals surface area contributed by atoms with Crippen molar-refractivity contribution in [2.75, 3.05) is 0 Å². The van der Waals surface area contributed by atoms with E-state index in [-0.39, 0.29) is 5.92 Å². The Kier molecular flexibility index (Phi) is 4.05. The van der Waals surface area contributed by atoms with Gasteiger partial charge in [-0.05, 0) is 24.0 Å². The number of unbranched alkanes of at least 4 members (excludes halogenated alkanes) is 1. The van der Waals surface area contributed by atoms with Crippen LogP contribution in [0.1, 0.15) is 44.6 Å². The molecule has 78 valence electrons. The summed E-state index contributed by atoms with van der Waals surface area (Å²) in [6, 6.07) is 3.82. The topological polar surface area (TPSA) is 0 Å². The summed E-state index contributed by atoms with van der Waals surface area (Å²) in [7, 11) is 0. The largest absolute Gasteiger partial charge is 0.207 e. The van der Waals surface area contributed by atoms with Gasteiger partial charge in [-0.3, -0.25) is 0 Å². The zero-order chi connectivity index (χ0) is 10.6. The highest BCUT2D eigenvalue weighted by atomic mass is 19.1. The highest BCUT2D eigenvalue weighted by Crippen LogP contribution is 2.24. The summed E-state index contributed by atoms with van der Waals surface area (Å²) < 4.78 is 25.9. The van der Waals surface area contributed by atoms with E-state index in [1.165, 1.54) is 6.07 Å². The van der Waals surface area contributed by atoms with Crippen LogP contribution in [-0.4, -0.2) is 0 Å². The minimum Gasteiger partial charge on any atom is -0.207 e. The fourth-order valence-electron chi connectivity index (χ4n) is 1.57.